The lowest BCUT2D eigenvalue weighted by Crippen LogP contribution is -2.40. The van der Waals surface area contributed by atoms with Crippen molar-refractivity contribution in [2.75, 3.05) is 31.6 Å². The van der Waals surface area contributed by atoms with Crippen LogP contribution in [0.3, 0.4) is 0 Å². The highest BCUT2D eigenvalue weighted by atomic mass is 32.2. The van der Waals surface area contributed by atoms with Gasteiger partial charge in [-0.3, -0.25) is 4.79 Å². The van der Waals surface area contributed by atoms with Crippen LogP contribution in [-0.2, 0) is 26.0 Å². The third-order valence-electron chi connectivity index (χ3n) is 4.66. The van der Waals surface area contributed by atoms with Crippen molar-refractivity contribution in [3.8, 4) is 17.1 Å². The van der Waals surface area contributed by atoms with E-state index in [1.165, 1.54) is 33.8 Å². The molecule has 2 N–H and O–H groups in total. The fourth-order valence-electron chi connectivity index (χ4n) is 3.01. The van der Waals surface area contributed by atoms with Crippen LogP contribution in [0.4, 0.5) is 5.69 Å². The number of thiophene rings is 1. The summed E-state index contributed by atoms with van der Waals surface area (Å²) in [5, 5.41) is 20.3. The van der Waals surface area contributed by atoms with Crippen molar-refractivity contribution in [3.63, 3.8) is 0 Å². The first kappa shape index (κ1) is 21.4. The number of morpholine rings is 1. The number of aromatic nitrogens is 2. The normalized spacial score (nSPS) is 15.1. The van der Waals surface area contributed by atoms with E-state index < -0.39 is 15.9 Å². The Morgan fingerprint density at radius 1 is 1.26 bits per heavy atom. The number of aromatic hydroxyl groups is 1. The Kier molecular flexibility index (Phi) is 6.32. The topological polar surface area (TPSA) is 135 Å². The number of benzene rings is 1. The second-order valence-electron chi connectivity index (χ2n) is 6.77. The van der Waals surface area contributed by atoms with Crippen LogP contribution in [0.2, 0.25) is 0 Å². The molecule has 12 heteroatoms. The zero-order valence-electron chi connectivity index (χ0n) is 16.4. The van der Waals surface area contributed by atoms with Crippen LogP contribution in [0.1, 0.15) is 12.3 Å². The van der Waals surface area contributed by atoms with Crippen LogP contribution in [-0.4, -0.2) is 60.2 Å². The lowest BCUT2D eigenvalue weighted by atomic mass is 10.2. The summed E-state index contributed by atoms with van der Waals surface area (Å²) in [5.74, 6) is 0.109. The van der Waals surface area contributed by atoms with Gasteiger partial charge in [0.15, 0.2) is 0 Å². The van der Waals surface area contributed by atoms with E-state index in [0.29, 0.717) is 24.9 Å². The number of aryl methyl sites for hydroxylation is 1. The highest BCUT2D eigenvalue weighted by Gasteiger charge is 2.27. The average Bonchev–Trinajstić information content (AvgIpc) is 3.46. The molecule has 0 spiro atoms. The molecule has 2 aromatic heterocycles. The van der Waals surface area contributed by atoms with Crippen LogP contribution >= 0.6 is 11.3 Å². The van der Waals surface area contributed by atoms with Crippen molar-refractivity contribution in [1.29, 1.82) is 0 Å². The third kappa shape index (κ3) is 4.93. The minimum absolute atomic E-state index is 0.0141. The van der Waals surface area contributed by atoms with Gasteiger partial charge in [0.2, 0.25) is 27.6 Å². The molecular weight excluding hydrogens is 444 g/mol. The van der Waals surface area contributed by atoms with E-state index in [2.05, 4.69) is 15.5 Å². The number of carbonyl (C=O) groups excluding carboxylic acids is 1. The fourth-order valence-corrected chi connectivity index (χ4v) is 5.08. The number of carbonyl (C=O) groups is 1. The molecule has 1 saturated heterocycles. The van der Waals surface area contributed by atoms with E-state index in [1.54, 1.807) is 0 Å². The predicted octanol–water partition coefficient (Wildman–Crippen LogP) is 2.10. The minimum atomic E-state index is -3.75. The first-order valence-corrected chi connectivity index (χ1v) is 11.9. The van der Waals surface area contributed by atoms with Crippen LogP contribution < -0.4 is 5.32 Å². The van der Waals surface area contributed by atoms with Gasteiger partial charge in [-0.05, 0) is 29.6 Å². The molecular formula is C19H20N4O6S2. The minimum Gasteiger partial charge on any atom is -0.506 e. The maximum Gasteiger partial charge on any atom is 0.243 e. The zero-order chi connectivity index (χ0) is 21.8. The van der Waals surface area contributed by atoms with Gasteiger partial charge < -0.3 is 19.7 Å². The molecule has 0 aliphatic carbocycles. The molecule has 0 saturated carbocycles. The summed E-state index contributed by atoms with van der Waals surface area (Å²) >= 11 is 1.51. The number of nitrogens with zero attached hydrogens (tertiary/aromatic N) is 3. The van der Waals surface area contributed by atoms with E-state index >= 15 is 0 Å². The summed E-state index contributed by atoms with van der Waals surface area (Å²) < 4.78 is 37.3. The molecule has 1 aliphatic heterocycles. The van der Waals surface area contributed by atoms with Gasteiger partial charge in [0, 0.05) is 36.9 Å². The van der Waals surface area contributed by atoms with Gasteiger partial charge >= 0.3 is 0 Å². The molecule has 0 radical (unpaired) electrons. The summed E-state index contributed by atoms with van der Waals surface area (Å²) in [6, 6.07) is 5.67. The van der Waals surface area contributed by atoms with Crippen LogP contribution in [0.15, 0.2) is 44.4 Å². The highest BCUT2D eigenvalue weighted by Crippen LogP contribution is 2.28. The maximum absolute atomic E-state index is 12.8. The first-order valence-electron chi connectivity index (χ1n) is 9.49. The van der Waals surface area contributed by atoms with Crippen molar-refractivity contribution in [3.05, 3.63) is 40.9 Å². The third-order valence-corrected chi connectivity index (χ3v) is 7.24. The quantitative estimate of drug-likeness (QED) is 0.508. The van der Waals surface area contributed by atoms with Crippen LogP contribution in [0, 0.1) is 0 Å². The molecule has 0 unspecified atom stereocenters. The fraction of sp³-hybridized carbons (Fsp3) is 0.316. The molecule has 3 heterocycles. The molecule has 0 bridgehead atoms. The van der Waals surface area contributed by atoms with Gasteiger partial charge in [0.05, 0.1) is 23.8 Å². The van der Waals surface area contributed by atoms with Crippen molar-refractivity contribution in [2.24, 2.45) is 0 Å². The Hall–Kier alpha value is -2.80. The number of sulfonamides is 1. The van der Waals surface area contributed by atoms with Crippen molar-refractivity contribution in [1.82, 2.24) is 14.4 Å². The number of nitrogens with one attached hydrogen (secondary N) is 1. The van der Waals surface area contributed by atoms with Crippen molar-refractivity contribution < 1.29 is 27.6 Å². The predicted molar refractivity (Wildman–Crippen MR) is 112 cm³/mol. The smallest absolute Gasteiger partial charge is 0.243 e. The second kappa shape index (κ2) is 9.14. The molecule has 4 rings (SSSR count). The molecule has 1 aromatic carbocycles. The first-order chi connectivity index (χ1) is 14.9. The lowest BCUT2D eigenvalue weighted by molar-refractivity contribution is -0.116. The van der Waals surface area contributed by atoms with E-state index in [-0.39, 0.29) is 42.3 Å². The number of anilines is 1. The summed E-state index contributed by atoms with van der Waals surface area (Å²) in [6.45, 7) is 1.15. The largest absolute Gasteiger partial charge is 0.506 e. The van der Waals surface area contributed by atoms with Gasteiger partial charge in [-0.1, -0.05) is 5.16 Å². The van der Waals surface area contributed by atoms with Crippen molar-refractivity contribution >= 4 is 33.0 Å². The van der Waals surface area contributed by atoms with Gasteiger partial charge in [0.1, 0.15) is 5.75 Å². The molecule has 10 nitrogen and oxygen atoms in total. The van der Waals surface area contributed by atoms with Gasteiger partial charge in [-0.2, -0.15) is 20.6 Å². The Morgan fingerprint density at radius 2 is 2.06 bits per heavy atom. The molecule has 164 valence electrons. The summed E-state index contributed by atoms with van der Waals surface area (Å²) in [5.41, 5.74) is 0.858. The molecule has 1 aliphatic rings. The molecule has 1 fully saturated rings. The summed E-state index contributed by atoms with van der Waals surface area (Å²) in [7, 11) is -3.75. The number of hydrogen-bond acceptors (Lipinski definition) is 9. The number of rotatable bonds is 7. The number of amides is 1. The molecule has 31 heavy (non-hydrogen) atoms. The number of hydrogen-bond donors (Lipinski definition) is 2. The Morgan fingerprint density at radius 3 is 2.81 bits per heavy atom. The second-order valence-corrected chi connectivity index (χ2v) is 9.49. The Bertz CT molecular complexity index is 1150. The van der Waals surface area contributed by atoms with Crippen LogP contribution in [0.5, 0.6) is 5.75 Å². The van der Waals surface area contributed by atoms with E-state index in [1.807, 2.05) is 16.8 Å². The molecule has 3 aromatic rings. The standard InChI is InChI=1S/C19H20N4O6S2/c24-16-2-1-14(31(26,27)23-6-8-28-9-7-23)11-15(16)20-17(25)3-4-18-21-19(22-29-18)13-5-10-30-12-13/h1-2,5,10-12,24H,3-4,6-9H2,(H,20,25). The highest BCUT2D eigenvalue weighted by molar-refractivity contribution is 7.89. The number of phenolic OH excluding ortho intramolecular Hbond substituents is 1. The van der Waals surface area contributed by atoms with Crippen LogP contribution in [0.25, 0.3) is 11.4 Å². The SMILES string of the molecule is O=C(CCc1nc(-c2ccsc2)no1)Nc1cc(S(=O)(=O)N2CCOCC2)ccc1O. The average molecular weight is 465 g/mol. The van der Waals surface area contributed by atoms with E-state index in [0.717, 1.165) is 5.56 Å². The Labute approximate surface area is 182 Å². The van der Waals surface area contributed by atoms with Crippen molar-refractivity contribution in [2.45, 2.75) is 17.7 Å². The van der Waals surface area contributed by atoms with Gasteiger partial charge in [0.25, 0.3) is 0 Å². The number of ether oxygens (including phenoxy) is 1. The molecule has 0 atom stereocenters. The Balaban J connectivity index is 1.40. The van der Waals surface area contributed by atoms with E-state index in [9.17, 15) is 18.3 Å². The summed E-state index contributed by atoms with van der Waals surface area (Å²) in [6.07, 6.45) is 0.223. The summed E-state index contributed by atoms with van der Waals surface area (Å²) in [4.78, 5) is 16.6. The van der Waals surface area contributed by atoms with Gasteiger partial charge in [-0.25, -0.2) is 8.42 Å². The van der Waals surface area contributed by atoms with Gasteiger partial charge in [-0.15, -0.1) is 0 Å². The lowest BCUT2D eigenvalue weighted by Gasteiger charge is -2.26. The monoisotopic (exact) mass is 464 g/mol. The maximum atomic E-state index is 12.8. The van der Waals surface area contributed by atoms with E-state index in [4.69, 9.17) is 9.26 Å². The zero-order valence-corrected chi connectivity index (χ0v) is 18.0. The number of phenols is 1. The molecule has 1 amide bonds.